The highest BCUT2D eigenvalue weighted by Gasteiger charge is 2.09. The lowest BCUT2D eigenvalue weighted by atomic mass is 10.2. The first-order valence-electron chi connectivity index (χ1n) is 9.89. The number of aryl methyl sites for hydroxylation is 2. The van der Waals surface area contributed by atoms with Gasteiger partial charge in [-0.1, -0.05) is 30.3 Å². The predicted octanol–water partition coefficient (Wildman–Crippen LogP) is 5.88. The van der Waals surface area contributed by atoms with E-state index in [1.54, 1.807) is 18.2 Å². The zero-order valence-electron chi connectivity index (χ0n) is 17.3. The van der Waals surface area contributed by atoms with Gasteiger partial charge in [0.25, 0.3) is 5.91 Å². The molecule has 0 atom stereocenters. The molecule has 3 aromatic carbocycles. The standard InChI is InChI=1S/C25H22N4O2/c1-17-14-18(2)27-25(26-17)29-21-10-7-9-20(16-21)28-24(30)19-8-6-13-23(15-19)31-22-11-4-3-5-12-22/h3-16H,1-2H3,(H,28,30)(H,26,27,29). The number of anilines is 3. The summed E-state index contributed by atoms with van der Waals surface area (Å²) in [5.41, 5.74) is 3.72. The van der Waals surface area contributed by atoms with Crippen molar-refractivity contribution in [1.82, 2.24) is 9.97 Å². The number of hydrogen-bond donors (Lipinski definition) is 2. The molecule has 31 heavy (non-hydrogen) atoms. The fourth-order valence-electron chi connectivity index (χ4n) is 3.11. The first kappa shape index (κ1) is 20.1. The number of para-hydroxylation sites is 1. The van der Waals surface area contributed by atoms with E-state index in [-0.39, 0.29) is 5.91 Å². The number of nitrogens with zero attached hydrogens (tertiary/aromatic N) is 2. The minimum absolute atomic E-state index is 0.224. The highest BCUT2D eigenvalue weighted by atomic mass is 16.5. The molecular weight excluding hydrogens is 388 g/mol. The van der Waals surface area contributed by atoms with Gasteiger partial charge in [0.1, 0.15) is 11.5 Å². The Labute approximate surface area is 181 Å². The van der Waals surface area contributed by atoms with E-state index in [4.69, 9.17) is 4.74 Å². The normalized spacial score (nSPS) is 10.4. The van der Waals surface area contributed by atoms with Gasteiger partial charge in [0.15, 0.2) is 0 Å². The van der Waals surface area contributed by atoms with E-state index in [1.807, 2.05) is 80.6 Å². The average Bonchev–Trinajstić information content (AvgIpc) is 2.74. The average molecular weight is 410 g/mol. The Kier molecular flexibility index (Phi) is 5.89. The van der Waals surface area contributed by atoms with Gasteiger partial charge in [-0.05, 0) is 68.4 Å². The van der Waals surface area contributed by atoms with Crippen molar-refractivity contribution in [2.45, 2.75) is 13.8 Å². The minimum atomic E-state index is -0.224. The smallest absolute Gasteiger partial charge is 0.255 e. The summed E-state index contributed by atoms with van der Waals surface area (Å²) in [6.07, 6.45) is 0. The zero-order valence-corrected chi connectivity index (χ0v) is 17.3. The summed E-state index contributed by atoms with van der Waals surface area (Å²) in [6, 6.07) is 25.9. The molecule has 1 aromatic heterocycles. The predicted molar refractivity (Wildman–Crippen MR) is 122 cm³/mol. The highest BCUT2D eigenvalue weighted by Crippen LogP contribution is 2.23. The van der Waals surface area contributed by atoms with E-state index in [9.17, 15) is 4.79 Å². The first-order chi connectivity index (χ1) is 15.0. The van der Waals surface area contributed by atoms with Gasteiger partial charge >= 0.3 is 0 Å². The molecule has 2 N–H and O–H groups in total. The molecule has 0 aliphatic heterocycles. The molecule has 154 valence electrons. The van der Waals surface area contributed by atoms with Crippen LogP contribution in [0.1, 0.15) is 21.7 Å². The molecule has 0 saturated carbocycles. The number of ether oxygens (including phenoxy) is 1. The Morgan fingerprint density at radius 3 is 2.19 bits per heavy atom. The summed E-state index contributed by atoms with van der Waals surface area (Å²) in [7, 11) is 0. The Hall–Kier alpha value is -4.19. The monoisotopic (exact) mass is 410 g/mol. The first-order valence-corrected chi connectivity index (χ1v) is 9.89. The number of benzene rings is 3. The maximum atomic E-state index is 12.8. The van der Waals surface area contributed by atoms with Gasteiger partial charge in [-0.2, -0.15) is 0 Å². The van der Waals surface area contributed by atoms with E-state index in [0.29, 0.717) is 28.7 Å². The van der Waals surface area contributed by atoms with Crippen molar-refractivity contribution in [3.8, 4) is 11.5 Å². The molecule has 4 rings (SSSR count). The second-order valence-electron chi connectivity index (χ2n) is 7.08. The maximum Gasteiger partial charge on any atom is 0.255 e. The van der Waals surface area contributed by atoms with Crippen LogP contribution in [-0.2, 0) is 0 Å². The molecule has 4 aromatic rings. The van der Waals surface area contributed by atoms with Gasteiger partial charge in [-0.25, -0.2) is 9.97 Å². The van der Waals surface area contributed by atoms with Crippen molar-refractivity contribution in [3.63, 3.8) is 0 Å². The molecule has 0 saturated heterocycles. The number of aromatic nitrogens is 2. The number of carbonyl (C=O) groups excluding carboxylic acids is 1. The number of amides is 1. The number of carbonyl (C=O) groups is 1. The number of rotatable bonds is 6. The SMILES string of the molecule is Cc1cc(C)nc(Nc2cccc(NC(=O)c3cccc(Oc4ccccc4)c3)c2)n1. The Morgan fingerprint density at radius 1 is 0.742 bits per heavy atom. The fourth-order valence-corrected chi connectivity index (χ4v) is 3.11. The maximum absolute atomic E-state index is 12.8. The van der Waals surface area contributed by atoms with E-state index in [2.05, 4.69) is 20.6 Å². The molecule has 0 fully saturated rings. The van der Waals surface area contributed by atoms with Crippen LogP contribution >= 0.6 is 0 Å². The van der Waals surface area contributed by atoms with Gasteiger partial charge < -0.3 is 15.4 Å². The summed E-state index contributed by atoms with van der Waals surface area (Å²) in [6.45, 7) is 3.85. The third-order valence-corrected chi connectivity index (χ3v) is 4.43. The van der Waals surface area contributed by atoms with Crippen LogP contribution in [0.4, 0.5) is 17.3 Å². The van der Waals surface area contributed by atoms with Crippen LogP contribution in [0.2, 0.25) is 0 Å². The highest BCUT2D eigenvalue weighted by molar-refractivity contribution is 6.04. The molecule has 6 nitrogen and oxygen atoms in total. The molecule has 0 radical (unpaired) electrons. The number of nitrogens with one attached hydrogen (secondary N) is 2. The summed E-state index contributed by atoms with van der Waals surface area (Å²) in [5, 5.41) is 6.10. The van der Waals surface area contributed by atoms with Crippen molar-refractivity contribution in [2.75, 3.05) is 10.6 Å². The van der Waals surface area contributed by atoms with Gasteiger partial charge in [0.2, 0.25) is 5.95 Å². The lowest BCUT2D eigenvalue weighted by Gasteiger charge is -2.10. The van der Waals surface area contributed by atoms with E-state index >= 15 is 0 Å². The molecule has 0 aliphatic carbocycles. The van der Waals surface area contributed by atoms with Crippen LogP contribution < -0.4 is 15.4 Å². The van der Waals surface area contributed by atoms with Crippen molar-refractivity contribution in [3.05, 3.63) is 102 Å². The lowest BCUT2D eigenvalue weighted by Crippen LogP contribution is -2.12. The van der Waals surface area contributed by atoms with Crippen LogP contribution in [0.5, 0.6) is 11.5 Å². The van der Waals surface area contributed by atoms with Gasteiger partial charge in [-0.3, -0.25) is 4.79 Å². The Balaban J connectivity index is 1.46. The molecule has 1 amide bonds. The topological polar surface area (TPSA) is 76.1 Å². The van der Waals surface area contributed by atoms with Crippen LogP contribution in [0.15, 0.2) is 84.9 Å². The largest absolute Gasteiger partial charge is 0.457 e. The van der Waals surface area contributed by atoms with E-state index in [1.165, 1.54) is 0 Å². The van der Waals surface area contributed by atoms with Crippen LogP contribution in [0.3, 0.4) is 0 Å². The molecule has 0 aliphatic rings. The lowest BCUT2D eigenvalue weighted by molar-refractivity contribution is 0.102. The van der Waals surface area contributed by atoms with Crippen LogP contribution in [0, 0.1) is 13.8 Å². The van der Waals surface area contributed by atoms with Crippen LogP contribution in [-0.4, -0.2) is 15.9 Å². The van der Waals surface area contributed by atoms with E-state index in [0.717, 1.165) is 17.1 Å². The summed E-state index contributed by atoms with van der Waals surface area (Å²) in [4.78, 5) is 21.5. The summed E-state index contributed by atoms with van der Waals surface area (Å²) in [5.74, 6) is 1.61. The van der Waals surface area contributed by atoms with Gasteiger partial charge in [0, 0.05) is 28.3 Å². The second-order valence-corrected chi connectivity index (χ2v) is 7.08. The molecule has 0 spiro atoms. The molecule has 1 heterocycles. The molecule has 0 unspecified atom stereocenters. The van der Waals surface area contributed by atoms with Gasteiger partial charge in [0.05, 0.1) is 0 Å². The Morgan fingerprint density at radius 2 is 1.42 bits per heavy atom. The van der Waals surface area contributed by atoms with Crippen molar-refractivity contribution in [2.24, 2.45) is 0 Å². The third kappa shape index (κ3) is 5.45. The second kappa shape index (κ2) is 9.09. The summed E-state index contributed by atoms with van der Waals surface area (Å²) < 4.78 is 5.82. The minimum Gasteiger partial charge on any atom is -0.457 e. The van der Waals surface area contributed by atoms with E-state index < -0.39 is 0 Å². The quantitative estimate of drug-likeness (QED) is 0.415. The van der Waals surface area contributed by atoms with Gasteiger partial charge in [-0.15, -0.1) is 0 Å². The van der Waals surface area contributed by atoms with Crippen LogP contribution in [0.25, 0.3) is 0 Å². The number of hydrogen-bond acceptors (Lipinski definition) is 5. The zero-order chi connectivity index (χ0) is 21.6. The molecular formula is C25H22N4O2. The van der Waals surface area contributed by atoms with Crippen molar-refractivity contribution >= 4 is 23.2 Å². The van der Waals surface area contributed by atoms with Crippen molar-refractivity contribution in [1.29, 1.82) is 0 Å². The third-order valence-electron chi connectivity index (χ3n) is 4.43. The summed E-state index contributed by atoms with van der Waals surface area (Å²) >= 11 is 0. The molecule has 6 heteroatoms. The Bertz CT molecular complexity index is 1190. The fraction of sp³-hybridized carbons (Fsp3) is 0.0800. The molecule has 0 bridgehead atoms. The van der Waals surface area contributed by atoms with Crippen molar-refractivity contribution < 1.29 is 9.53 Å².